The van der Waals surface area contributed by atoms with Gasteiger partial charge in [0, 0.05) is 16.6 Å². The molecule has 1 atom stereocenters. The Morgan fingerprint density at radius 1 is 1.19 bits per heavy atom. The molecule has 0 radical (unpaired) electrons. The quantitative estimate of drug-likeness (QED) is 0.564. The van der Waals surface area contributed by atoms with Crippen molar-refractivity contribution in [3.63, 3.8) is 0 Å². The van der Waals surface area contributed by atoms with Gasteiger partial charge in [-0.2, -0.15) is 0 Å². The summed E-state index contributed by atoms with van der Waals surface area (Å²) in [5, 5.41) is 8.97. The molecule has 1 aromatic carbocycles. The van der Waals surface area contributed by atoms with Crippen LogP contribution in [0.2, 0.25) is 5.02 Å². The minimum absolute atomic E-state index is 0.364. The smallest absolute Gasteiger partial charge is 0.154 e. The lowest BCUT2D eigenvalue weighted by molar-refractivity contribution is 0.295. The van der Waals surface area contributed by atoms with Gasteiger partial charge < -0.3 is 10.2 Å². The van der Waals surface area contributed by atoms with Crippen molar-refractivity contribution in [3.05, 3.63) is 47.6 Å². The van der Waals surface area contributed by atoms with Crippen molar-refractivity contribution in [2.75, 3.05) is 25.0 Å². The Bertz CT molecular complexity index is 872. The van der Waals surface area contributed by atoms with Crippen molar-refractivity contribution in [2.45, 2.75) is 39.7 Å². The maximum atomic E-state index is 6.14. The second-order valence-corrected chi connectivity index (χ2v) is 7.29. The third kappa shape index (κ3) is 4.99. The van der Waals surface area contributed by atoms with E-state index >= 15 is 0 Å². The molecule has 0 saturated carbocycles. The summed E-state index contributed by atoms with van der Waals surface area (Å²) >= 11 is 6.14. The number of nitrogens with one attached hydrogen (secondary N) is 1. The number of halogens is 1. The highest BCUT2D eigenvalue weighted by Crippen LogP contribution is 2.23. The van der Waals surface area contributed by atoms with Crippen LogP contribution in [0.1, 0.15) is 33.6 Å². The van der Waals surface area contributed by atoms with Gasteiger partial charge in [0.15, 0.2) is 5.65 Å². The van der Waals surface area contributed by atoms with Gasteiger partial charge in [-0.25, -0.2) is 9.50 Å². The number of aromatic nitrogens is 3. The second-order valence-electron chi connectivity index (χ2n) is 6.86. The molecule has 0 saturated heterocycles. The Balaban J connectivity index is 1.70. The van der Waals surface area contributed by atoms with Gasteiger partial charge in [0.05, 0.1) is 11.9 Å². The fourth-order valence-electron chi connectivity index (χ4n) is 3.28. The van der Waals surface area contributed by atoms with Crippen molar-refractivity contribution in [3.8, 4) is 11.3 Å². The van der Waals surface area contributed by atoms with E-state index in [1.807, 2.05) is 47.1 Å². The topological polar surface area (TPSA) is 45.5 Å². The fourth-order valence-corrected chi connectivity index (χ4v) is 3.47. The number of imidazole rings is 1. The van der Waals surface area contributed by atoms with E-state index in [2.05, 4.69) is 36.0 Å². The molecular formula is C21H28ClN5. The Morgan fingerprint density at radius 2 is 2.00 bits per heavy atom. The first-order valence-electron chi connectivity index (χ1n) is 9.70. The van der Waals surface area contributed by atoms with E-state index in [0.29, 0.717) is 11.1 Å². The zero-order valence-corrected chi connectivity index (χ0v) is 17.1. The van der Waals surface area contributed by atoms with Gasteiger partial charge in [0.1, 0.15) is 5.82 Å². The summed E-state index contributed by atoms with van der Waals surface area (Å²) in [5.74, 6) is 0.860. The lowest BCUT2D eigenvalue weighted by Gasteiger charge is -2.20. The number of rotatable bonds is 9. The number of benzene rings is 1. The largest absolute Gasteiger partial charge is 0.366 e. The first kappa shape index (κ1) is 19.6. The van der Waals surface area contributed by atoms with Crippen molar-refractivity contribution in [1.29, 1.82) is 0 Å². The molecule has 0 spiro atoms. The highest BCUT2D eigenvalue weighted by molar-refractivity contribution is 6.30. The molecule has 1 N–H and O–H groups in total. The normalized spacial score (nSPS) is 12.6. The van der Waals surface area contributed by atoms with Crippen molar-refractivity contribution in [1.82, 2.24) is 19.5 Å². The van der Waals surface area contributed by atoms with Gasteiger partial charge in [-0.15, -0.1) is 5.10 Å². The van der Waals surface area contributed by atoms with E-state index in [1.54, 1.807) is 0 Å². The van der Waals surface area contributed by atoms with E-state index in [9.17, 15) is 0 Å². The fraction of sp³-hybridized carbons (Fsp3) is 0.429. The van der Waals surface area contributed by atoms with Crippen molar-refractivity contribution < 1.29 is 0 Å². The van der Waals surface area contributed by atoms with Crippen LogP contribution in [0.25, 0.3) is 16.9 Å². The molecule has 0 bridgehead atoms. The van der Waals surface area contributed by atoms with E-state index in [1.165, 1.54) is 6.42 Å². The maximum absolute atomic E-state index is 6.14. The molecule has 0 amide bonds. The molecule has 2 aromatic heterocycles. The molecule has 3 aromatic rings. The first-order valence-corrected chi connectivity index (χ1v) is 10.1. The molecule has 3 rings (SSSR count). The summed E-state index contributed by atoms with van der Waals surface area (Å²) in [6.07, 6.45) is 4.13. The molecule has 0 aliphatic carbocycles. The molecule has 0 fully saturated rings. The highest BCUT2D eigenvalue weighted by atomic mass is 35.5. The molecule has 144 valence electrons. The van der Waals surface area contributed by atoms with E-state index in [4.69, 9.17) is 16.7 Å². The Morgan fingerprint density at radius 3 is 2.74 bits per heavy atom. The predicted molar refractivity (Wildman–Crippen MR) is 114 cm³/mol. The molecular weight excluding hydrogens is 358 g/mol. The van der Waals surface area contributed by atoms with Gasteiger partial charge in [0.2, 0.25) is 0 Å². The van der Waals surface area contributed by atoms with Crippen LogP contribution < -0.4 is 5.32 Å². The third-order valence-corrected chi connectivity index (χ3v) is 5.12. The summed E-state index contributed by atoms with van der Waals surface area (Å²) in [4.78, 5) is 6.91. The van der Waals surface area contributed by atoms with Crippen LogP contribution in [-0.2, 0) is 0 Å². The van der Waals surface area contributed by atoms with Crippen LogP contribution in [-0.4, -0.2) is 45.2 Å². The van der Waals surface area contributed by atoms with Crippen LogP contribution in [0, 0.1) is 0 Å². The average molecular weight is 386 g/mol. The Kier molecular flexibility index (Phi) is 6.69. The summed E-state index contributed by atoms with van der Waals surface area (Å²) < 4.78 is 1.87. The molecule has 0 aliphatic heterocycles. The van der Waals surface area contributed by atoms with Gasteiger partial charge in [-0.1, -0.05) is 37.6 Å². The number of fused-ring (bicyclic) bond motifs is 1. The molecule has 1 unspecified atom stereocenters. The number of nitrogens with zero attached hydrogens (tertiary/aromatic N) is 4. The summed E-state index contributed by atoms with van der Waals surface area (Å²) in [6.45, 7) is 10.0. The number of hydrogen-bond acceptors (Lipinski definition) is 4. The number of hydrogen-bond donors (Lipinski definition) is 1. The number of anilines is 1. The SMILES string of the molecule is CCN(CC)CCCC(C)Nc1ccc2ncc(-c3cccc(Cl)c3)n2n1. The monoisotopic (exact) mass is 385 g/mol. The minimum Gasteiger partial charge on any atom is -0.366 e. The lowest BCUT2D eigenvalue weighted by Crippen LogP contribution is -2.25. The van der Waals surface area contributed by atoms with Crippen LogP contribution in [0.5, 0.6) is 0 Å². The third-order valence-electron chi connectivity index (χ3n) is 4.88. The van der Waals surface area contributed by atoms with Gasteiger partial charge in [0.25, 0.3) is 0 Å². The van der Waals surface area contributed by atoms with Crippen LogP contribution >= 0.6 is 11.6 Å². The van der Waals surface area contributed by atoms with E-state index in [-0.39, 0.29) is 0 Å². The summed E-state index contributed by atoms with van der Waals surface area (Å²) in [7, 11) is 0. The first-order chi connectivity index (χ1) is 13.1. The summed E-state index contributed by atoms with van der Waals surface area (Å²) in [6, 6.07) is 12.1. The zero-order valence-electron chi connectivity index (χ0n) is 16.3. The highest BCUT2D eigenvalue weighted by Gasteiger charge is 2.10. The van der Waals surface area contributed by atoms with E-state index in [0.717, 1.165) is 48.8 Å². The maximum Gasteiger partial charge on any atom is 0.154 e. The lowest BCUT2D eigenvalue weighted by atomic mass is 10.1. The van der Waals surface area contributed by atoms with Crippen LogP contribution in [0.3, 0.4) is 0 Å². The molecule has 6 heteroatoms. The Labute approximate surface area is 166 Å². The van der Waals surface area contributed by atoms with Crippen LogP contribution in [0.15, 0.2) is 42.6 Å². The average Bonchev–Trinajstić information content (AvgIpc) is 3.08. The Hall–Kier alpha value is -2.11. The molecule has 5 nitrogen and oxygen atoms in total. The van der Waals surface area contributed by atoms with Gasteiger partial charge in [-0.05, 0) is 63.7 Å². The van der Waals surface area contributed by atoms with Crippen molar-refractivity contribution >= 4 is 23.1 Å². The van der Waals surface area contributed by atoms with Gasteiger partial charge >= 0.3 is 0 Å². The molecule has 0 aliphatic rings. The second kappa shape index (κ2) is 9.20. The molecule has 2 heterocycles. The van der Waals surface area contributed by atoms with Gasteiger partial charge in [-0.3, -0.25) is 0 Å². The zero-order chi connectivity index (χ0) is 19.2. The van der Waals surface area contributed by atoms with Crippen molar-refractivity contribution in [2.24, 2.45) is 0 Å². The van der Waals surface area contributed by atoms with Crippen LogP contribution in [0.4, 0.5) is 5.82 Å². The standard InChI is InChI=1S/C21H28ClN5/c1-4-26(5-2)13-7-8-16(3)24-20-11-12-21-23-15-19(27(21)25-20)17-9-6-10-18(22)14-17/h6,9-12,14-16H,4-5,7-8,13H2,1-3H3,(H,24,25). The summed E-state index contributed by atoms with van der Waals surface area (Å²) in [5.41, 5.74) is 2.77. The minimum atomic E-state index is 0.364. The van der Waals surface area contributed by atoms with E-state index < -0.39 is 0 Å². The molecule has 27 heavy (non-hydrogen) atoms. The predicted octanol–water partition coefficient (Wildman–Crippen LogP) is 4.97.